The number of nitrogens with zero attached hydrogens (tertiary/aromatic N) is 2. The van der Waals surface area contributed by atoms with Crippen LogP contribution < -0.4 is 4.74 Å². The highest BCUT2D eigenvalue weighted by Crippen LogP contribution is 2.30. The fraction of sp³-hybridized carbons (Fsp3) is 0.438. The van der Waals surface area contributed by atoms with Gasteiger partial charge in [0.1, 0.15) is 11.5 Å². The van der Waals surface area contributed by atoms with Gasteiger partial charge in [-0.1, -0.05) is 36.2 Å². The molecule has 122 valence electrons. The molecule has 1 aromatic carbocycles. The Bertz CT molecular complexity index is 660. The van der Waals surface area contributed by atoms with Crippen molar-refractivity contribution in [3.63, 3.8) is 0 Å². The standard InChI is InChI=1S/C16H17ClN2O3S/c17-11-6-8-12(9-7-11)21-10-15-18-19-16(22-15)23-14-5-3-1-2-4-13(14)20/h6-9,14H,1-5,10H2. The van der Waals surface area contributed by atoms with E-state index < -0.39 is 0 Å². The van der Waals surface area contributed by atoms with Gasteiger partial charge in [0, 0.05) is 11.4 Å². The molecule has 1 aromatic heterocycles. The average Bonchev–Trinajstić information content (AvgIpc) is 2.90. The summed E-state index contributed by atoms with van der Waals surface area (Å²) in [7, 11) is 0. The van der Waals surface area contributed by atoms with Gasteiger partial charge in [0.2, 0.25) is 0 Å². The monoisotopic (exact) mass is 352 g/mol. The molecule has 0 spiro atoms. The molecule has 1 aliphatic rings. The predicted molar refractivity (Wildman–Crippen MR) is 87.8 cm³/mol. The van der Waals surface area contributed by atoms with Gasteiger partial charge in [-0.25, -0.2) is 0 Å². The van der Waals surface area contributed by atoms with Crippen molar-refractivity contribution in [2.24, 2.45) is 0 Å². The van der Waals surface area contributed by atoms with Gasteiger partial charge in [-0.15, -0.1) is 10.2 Å². The SMILES string of the molecule is O=C1CCCCCC1Sc1nnc(COc2ccc(Cl)cc2)o1. The van der Waals surface area contributed by atoms with Gasteiger partial charge in [-0.05, 0) is 37.1 Å². The number of ether oxygens (including phenoxy) is 1. The highest BCUT2D eigenvalue weighted by molar-refractivity contribution is 8.00. The number of rotatable bonds is 5. The molecule has 1 fully saturated rings. The van der Waals surface area contributed by atoms with Crippen molar-refractivity contribution in [2.45, 2.75) is 49.2 Å². The number of hydrogen-bond donors (Lipinski definition) is 0. The Morgan fingerprint density at radius 2 is 2.04 bits per heavy atom. The lowest BCUT2D eigenvalue weighted by Crippen LogP contribution is -2.14. The smallest absolute Gasteiger partial charge is 0.277 e. The molecule has 0 radical (unpaired) electrons. The second kappa shape index (κ2) is 7.84. The summed E-state index contributed by atoms with van der Waals surface area (Å²) >= 11 is 7.19. The normalized spacial score (nSPS) is 18.7. The van der Waals surface area contributed by atoms with Gasteiger partial charge in [0.15, 0.2) is 6.61 Å². The molecule has 1 unspecified atom stereocenters. The van der Waals surface area contributed by atoms with Crippen LogP contribution in [-0.4, -0.2) is 21.2 Å². The quantitative estimate of drug-likeness (QED) is 0.747. The summed E-state index contributed by atoms with van der Waals surface area (Å²) in [4.78, 5) is 12.0. The van der Waals surface area contributed by atoms with E-state index in [0.717, 1.165) is 25.7 Å². The first-order chi connectivity index (χ1) is 11.2. The van der Waals surface area contributed by atoms with Crippen molar-refractivity contribution in [2.75, 3.05) is 0 Å². The van der Waals surface area contributed by atoms with Crippen molar-refractivity contribution in [1.29, 1.82) is 0 Å². The maximum atomic E-state index is 12.0. The fourth-order valence-electron chi connectivity index (χ4n) is 2.39. The van der Waals surface area contributed by atoms with Crippen LogP contribution in [-0.2, 0) is 11.4 Å². The summed E-state index contributed by atoms with van der Waals surface area (Å²) < 4.78 is 11.1. The van der Waals surface area contributed by atoms with Crippen molar-refractivity contribution < 1.29 is 13.9 Å². The third-order valence-corrected chi connectivity index (χ3v) is 5.02. The van der Waals surface area contributed by atoms with Crippen molar-refractivity contribution in [3.05, 3.63) is 35.2 Å². The highest BCUT2D eigenvalue weighted by Gasteiger charge is 2.24. The summed E-state index contributed by atoms with van der Waals surface area (Å²) in [5.74, 6) is 1.36. The molecule has 0 bridgehead atoms. The van der Waals surface area contributed by atoms with E-state index in [1.54, 1.807) is 24.3 Å². The molecule has 1 saturated carbocycles. The number of aromatic nitrogens is 2. The first kappa shape index (κ1) is 16.3. The zero-order chi connectivity index (χ0) is 16.1. The van der Waals surface area contributed by atoms with Crippen LogP contribution in [0.15, 0.2) is 33.9 Å². The number of ketones is 1. The van der Waals surface area contributed by atoms with E-state index in [1.807, 2.05) is 0 Å². The maximum absolute atomic E-state index is 12.0. The van der Waals surface area contributed by atoms with Gasteiger partial charge < -0.3 is 9.15 Å². The van der Waals surface area contributed by atoms with Crippen LogP contribution in [0.25, 0.3) is 0 Å². The summed E-state index contributed by atoms with van der Waals surface area (Å²) in [5.41, 5.74) is 0. The molecule has 2 aromatic rings. The van der Waals surface area contributed by atoms with Gasteiger partial charge in [0.05, 0.1) is 5.25 Å². The number of halogens is 1. The minimum Gasteiger partial charge on any atom is -0.484 e. The number of carbonyl (C=O) groups excluding carboxylic acids is 1. The summed E-state index contributed by atoms with van der Waals surface area (Å²) in [6.45, 7) is 0.188. The fourth-order valence-corrected chi connectivity index (χ4v) is 3.53. The van der Waals surface area contributed by atoms with Gasteiger partial charge >= 0.3 is 0 Å². The lowest BCUT2D eigenvalue weighted by Gasteiger charge is -2.08. The third kappa shape index (κ3) is 4.72. The molecule has 0 aliphatic heterocycles. The molecule has 0 N–H and O–H groups in total. The Labute approximate surface area is 143 Å². The van der Waals surface area contributed by atoms with Crippen LogP contribution in [0.1, 0.15) is 38.0 Å². The lowest BCUT2D eigenvalue weighted by molar-refractivity contribution is -0.118. The maximum Gasteiger partial charge on any atom is 0.277 e. The molecule has 7 heteroatoms. The second-order valence-electron chi connectivity index (χ2n) is 5.38. The average molecular weight is 353 g/mol. The summed E-state index contributed by atoms with van der Waals surface area (Å²) in [5, 5.41) is 8.98. The van der Waals surface area contributed by atoms with Gasteiger partial charge in [-0.2, -0.15) is 0 Å². The van der Waals surface area contributed by atoms with Crippen LogP contribution >= 0.6 is 23.4 Å². The summed E-state index contributed by atoms with van der Waals surface area (Å²) in [6, 6.07) is 7.06. The second-order valence-corrected chi connectivity index (χ2v) is 6.97. The molecule has 0 saturated heterocycles. The van der Waals surface area contributed by atoms with E-state index in [-0.39, 0.29) is 17.6 Å². The molecule has 5 nitrogen and oxygen atoms in total. The number of thioether (sulfide) groups is 1. The van der Waals surface area contributed by atoms with E-state index in [4.69, 9.17) is 20.8 Å². The van der Waals surface area contributed by atoms with Crippen LogP contribution in [0, 0.1) is 0 Å². The number of carbonyl (C=O) groups is 1. The Hall–Kier alpha value is -1.53. The molecule has 3 rings (SSSR count). The molecule has 1 atom stereocenters. The Balaban J connectivity index is 1.55. The molecule has 23 heavy (non-hydrogen) atoms. The molecule has 1 aliphatic carbocycles. The number of Topliss-reactive ketones (excluding diaryl/α,β-unsaturated/α-hetero) is 1. The van der Waals surface area contributed by atoms with Crippen molar-refractivity contribution in [3.8, 4) is 5.75 Å². The predicted octanol–water partition coefficient (Wildman–Crippen LogP) is 4.30. The van der Waals surface area contributed by atoms with Crippen molar-refractivity contribution >= 4 is 29.1 Å². The van der Waals surface area contributed by atoms with Crippen molar-refractivity contribution in [1.82, 2.24) is 10.2 Å². The molecular formula is C16H17ClN2O3S. The van der Waals surface area contributed by atoms with E-state index in [0.29, 0.717) is 28.3 Å². The number of benzene rings is 1. The largest absolute Gasteiger partial charge is 0.484 e. The first-order valence-electron chi connectivity index (χ1n) is 7.61. The number of hydrogen-bond acceptors (Lipinski definition) is 6. The Kier molecular flexibility index (Phi) is 5.56. The van der Waals surface area contributed by atoms with Crippen LogP contribution in [0.4, 0.5) is 0 Å². The van der Waals surface area contributed by atoms with E-state index in [1.165, 1.54) is 11.8 Å². The van der Waals surface area contributed by atoms with Gasteiger partial charge in [0.25, 0.3) is 11.1 Å². The van der Waals surface area contributed by atoms with Gasteiger partial charge in [-0.3, -0.25) is 4.79 Å². The third-order valence-electron chi connectivity index (χ3n) is 3.62. The summed E-state index contributed by atoms with van der Waals surface area (Å²) in [6.07, 6.45) is 4.71. The van der Waals surface area contributed by atoms with Crippen LogP contribution in [0.2, 0.25) is 5.02 Å². The zero-order valence-corrected chi connectivity index (χ0v) is 14.1. The van der Waals surface area contributed by atoms with E-state index in [9.17, 15) is 4.79 Å². The molecule has 0 amide bonds. The van der Waals surface area contributed by atoms with E-state index in [2.05, 4.69) is 10.2 Å². The zero-order valence-electron chi connectivity index (χ0n) is 12.5. The molecule has 1 heterocycles. The molecular weight excluding hydrogens is 336 g/mol. The van der Waals surface area contributed by atoms with E-state index >= 15 is 0 Å². The van der Waals surface area contributed by atoms with Crippen LogP contribution in [0.5, 0.6) is 5.75 Å². The minimum absolute atomic E-state index is 0.0667. The Morgan fingerprint density at radius 1 is 1.22 bits per heavy atom. The van der Waals surface area contributed by atoms with Crippen LogP contribution in [0.3, 0.4) is 0 Å². The lowest BCUT2D eigenvalue weighted by atomic mass is 10.2. The first-order valence-corrected chi connectivity index (χ1v) is 8.86. The highest BCUT2D eigenvalue weighted by atomic mass is 35.5. The topological polar surface area (TPSA) is 65.2 Å². The Morgan fingerprint density at radius 3 is 2.87 bits per heavy atom. The minimum atomic E-state index is -0.0667.